The lowest BCUT2D eigenvalue weighted by molar-refractivity contribution is 0.0952. The van der Waals surface area contributed by atoms with E-state index < -0.39 is 23.2 Å². The average Bonchev–Trinajstić information content (AvgIpc) is 3.25. The van der Waals surface area contributed by atoms with Gasteiger partial charge in [-0.05, 0) is 48.9 Å². The van der Waals surface area contributed by atoms with Gasteiger partial charge in [-0.3, -0.25) is 9.59 Å². The summed E-state index contributed by atoms with van der Waals surface area (Å²) < 4.78 is 5.03. The number of phenolic OH excluding ortho intramolecular Hbond substituents is 3. The highest BCUT2D eigenvalue weighted by Gasteiger charge is 2.13. The Kier molecular flexibility index (Phi) is 5.49. The predicted octanol–water partition coefficient (Wildman–Crippen LogP) is 2.80. The van der Waals surface area contributed by atoms with Gasteiger partial charge in [-0.1, -0.05) is 12.1 Å². The van der Waals surface area contributed by atoms with Crippen molar-refractivity contribution in [2.75, 3.05) is 5.32 Å². The molecule has 0 fully saturated rings. The maximum Gasteiger partial charge on any atom is 0.291 e. The zero-order valence-corrected chi connectivity index (χ0v) is 15.2. The number of carbonyl (C=O) groups is 2. The van der Waals surface area contributed by atoms with Crippen molar-refractivity contribution in [1.29, 1.82) is 0 Å². The molecule has 0 bridgehead atoms. The van der Waals surface area contributed by atoms with Gasteiger partial charge < -0.3 is 25.1 Å². The van der Waals surface area contributed by atoms with Gasteiger partial charge >= 0.3 is 0 Å². The molecule has 2 amide bonds. The number of hydrazone groups is 1. The summed E-state index contributed by atoms with van der Waals surface area (Å²) in [5, 5.41) is 34.9. The smallest absolute Gasteiger partial charge is 0.291 e. The molecule has 3 rings (SSSR count). The molecule has 2 aromatic carbocycles. The van der Waals surface area contributed by atoms with Crippen molar-refractivity contribution in [3.8, 4) is 17.2 Å². The van der Waals surface area contributed by atoms with E-state index in [0.29, 0.717) is 17.0 Å². The molecule has 148 valence electrons. The second-order valence-corrected chi connectivity index (χ2v) is 6.01. The Balaban J connectivity index is 1.65. The third kappa shape index (κ3) is 4.53. The molecule has 1 heterocycles. The number of benzene rings is 2. The third-order valence-corrected chi connectivity index (χ3v) is 3.96. The zero-order chi connectivity index (χ0) is 21.0. The number of nitrogens with one attached hydrogen (secondary N) is 2. The normalized spacial score (nSPS) is 11.1. The molecule has 5 N–H and O–H groups in total. The Hall–Kier alpha value is -4.27. The van der Waals surface area contributed by atoms with Gasteiger partial charge in [-0.15, -0.1) is 0 Å². The monoisotopic (exact) mass is 395 g/mol. The highest BCUT2D eigenvalue weighted by atomic mass is 16.3. The number of rotatable bonds is 5. The predicted molar refractivity (Wildman–Crippen MR) is 104 cm³/mol. The molecule has 9 nitrogen and oxygen atoms in total. The van der Waals surface area contributed by atoms with Crippen LogP contribution in [-0.2, 0) is 0 Å². The van der Waals surface area contributed by atoms with Gasteiger partial charge in [-0.25, -0.2) is 5.43 Å². The van der Waals surface area contributed by atoms with Crippen LogP contribution in [0, 0.1) is 0 Å². The van der Waals surface area contributed by atoms with E-state index in [0.717, 1.165) is 12.1 Å². The number of aromatic hydroxyl groups is 3. The fraction of sp³-hybridized carbons (Fsp3) is 0.0500. The van der Waals surface area contributed by atoms with Crippen LogP contribution in [0.2, 0.25) is 0 Å². The summed E-state index contributed by atoms with van der Waals surface area (Å²) in [5.41, 5.74) is 3.95. The minimum Gasteiger partial charge on any atom is -0.504 e. The SMILES string of the molecule is C/C(=N/NC(=O)c1cc(O)c(O)c(O)c1)c1ccc(NC(=O)c2ccco2)cc1. The fourth-order valence-electron chi connectivity index (χ4n) is 2.39. The first-order valence-corrected chi connectivity index (χ1v) is 8.40. The fourth-order valence-corrected chi connectivity index (χ4v) is 2.39. The van der Waals surface area contributed by atoms with Crippen molar-refractivity contribution in [1.82, 2.24) is 5.43 Å². The molecule has 0 spiro atoms. The molecule has 1 aromatic heterocycles. The van der Waals surface area contributed by atoms with Gasteiger partial charge in [0.25, 0.3) is 11.8 Å². The first-order chi connectivity index (χ1) is 13.8. The molecule has 0 radical (unpaired) electrons. The van der Waals surface area contributed by atoms with E-state index in [2.05, 4.69) is 15.8 Å². The minimum atomic E-state index is -0.708. The number of anilines is 1. The van der Waals surface area contributed by atoms with Crippen molar-refractivity contribution in [3.05, 3.63) is 71.7 Å². The van der Waals surface area contributed by atoms with Gasteiger partial charge in [0.15, 0.2) is 23.0 Å². The number of nitrogens with zero attached hydrogens (tertiary/aromatic N) is 1. The molecular weight excluding hydrogens is 378 g/mol. The second kappa shape index (κ2) is 8.17. The van der Waals surface area contributed by atoms with Crippen LogP contribution in [0.5, 0.6) is 17.2 Å². The summed E-state index contributed by atoms with van der Waals surface area (Å²) >= 11 is 0. The second-order valence-electron chi connectivity index (χ2n) is 6.01. The Bertz CT molecular complexity index is 1050. The van der Waals surface area contributed by atoms with Crippen LogP contribution in [-0.4, -0.2) is 32.8 Å². The van der Waals surface area contributed by atoms with Crippen LogP contribution in [0.1, 0.15) is 33.4 Å². The molecule has 0 saturated carbocycles. The van der Waals surface area contributed by atoms with Crippen LogP contribution in [0.3, 0.4) is 0 Å². The molecule has 0 saturated heterocycles. The summed E-state index contributed by atoms with van der Waals surface area (Å²) in [7, 11) is 0. The highest BCUT2D eigenvalue weighted by Crippen LogP contribution is 2.35. The van der Waals surface area contributed by atoms with E-state index in [4.69, 9.17) is 4.42 Å². The molecule has 0 aliphatic heterocycles. The van der Waals surface area contributed by atoms with Crippen LogP contribution >= 0.6 is 0 Å². The van der Waals surface area contributed by atoms with Crippen molar-refractivity contribution in [2.24, 2.45) is 5.10 Å². The quantitative estimate of drug-likeness (QED) is 0.255. The van der Waals surface area contributed by atoms with Gasteiger partial charge in [0.05, 0.1) is 12.0 Å². The number of carbonyl (C=O) groups excluding carboxylic acids is 2. The average molecular weight is 395 g/mol. The number of hydrogen-bond donors (Lipinski definition) is 5. The van der Waals surface area contributed by atoms with Crippen LogP contribution < -0.4 is 10.7 Å². The first kappa shape index (κ1) is 19.5. The van der Waals surface area contributed by atoms with Crippen LogP contribution in [0.4, 0.5) is 5.69 Å². The molecular formula is C20H17N3O6. The molecule has 9 heteroatoms. The number of amides is 2. The molecule has 0 atom stereocenters. The van der Waals surface area contributed by atoms with Crippen LogP contribution in [0.15, 0.2) is 64.3 Å². The van der Waals surface area contributed by atoms with Crippen LogP contribution in [0.25, 0.3) is 0 Å². The largest absolute Gasteiger partial charge is 0.504 e. The lowest BCUT2D eigenvalue weighted by atomic mass is 10.1. The summed E-state index contributed by atoms with van der Waals surface area (Å²) in [6.45, 7) is 1.67. The Morgan fingerprint density at radius 1 is 0.931 bits per heavy atom. The lowest BCUT2D eigenvalue weighted by Gasteiger charge is -2.07. The molecule has 29 heavy (non-hydrogen) atoms. The number of hydrogen-bond acceptors (Lipinski definition) is 7. The third-order valence-electron chi connectivity index (χ3n) is 3.96. The van der Waals surface area contributed by atoms with E-state index >= 15 is 0 Å². The van der Waals surface area contributed by atoms with E-state index in [1.165, 1.54) is 6.26 Å². The summed E-state index contributed by atoms with van der Waals surface area (Å²) in [6.07, 6.45) is 1.41. The Labute approximate surface area is 164 Å². The molecule has 3 aromatic rings. The van der Waals surface area contributed by atoms with Crippen molar-refractivity contribution < 1.29 is 29.3 Å². The van der Waals surface area contributed by atoms with Crippen molar-refractivity contribution in [3.63, 3.8) is 0 Å². The van der Waals surface area contributed by atoms with Crippen molar-refractivity contribution >= 4 is 23.2 Å². The molecule has 0 aliphatic rings. The first-order valence-electron chi connectivity index (χ1n) is 8.40. The topological polar surface area (TPSA) is 144 Å². The zero-order valence-electron chi connectivity index (χ0n) is 15.2. The Morgan fingerprint density at radius 3 is 2.17 bits per heavy atom. The van der Waals surface area contributed by atoms with Gasteiger partial charge in [-0.2, -0.15) is 5.10 Å². The van der Waals surface area contributed by atoms with E-state index in [1.54, 1.807) is 43.3 Å². The van der Waals surface area contributed by atoms with E-state index in [1.807, 2.05) is 0 Å². The van der Waals surface area contributed by atoms with E-state index in [-0.39, 0.29) is 17.2 Å². The van der Waals surface area contributed by atoms with Gasteiger partial charge in [0.1, 0.15) is 0 Å². The van der Waals surface area contributed by atoms with Gasteiger partial charge in [0.2, 0.25) is 0 Å². The number of phenols is 3. The molecule has 0 unspecified atom stereocenters. The Morgan fingerprint density at radius 2 is 1.59 bits per heavy atom. The van der Waals surface area contributed by atoms with Gasteiger partial charge in [0, 0.05) is 11.3 Å². The number of furan rings is 1. The lowest BCUT2D eigenvalue weighted by Crippen LogP contribution is -2.19. The van der Waals surface area contributed by atoms with E-state index in [9.17, 15) is 24.9 Å². The maximum absolute atomic E-state index is 12.1. The maximum atomic E-state index is 12.1. The minimum absolute atomic E-state index is 0.0784. The summed E-state index contributed by atoms with van der Waals surface area (Å²) in [6, 6.07) is 11.9. The highest BCUT2D eigenvalue weighted by molar-refractivity contribution is 6.03. The van der Waals surface area contributed by atoms with Crippen molar-refractivity contribution in [2.45, 2.75) is 6.92 Å². The summed E-state index contributed by atoms with van der Waals surface area (Å²) in [5.74, 6) is -2.81. The summed E-state index contributed by atoms with van der Waals surface area (Å²) in [4.78, 5) is 24.1. The standard InChI is InChI=1S/C20H17N3O6/c1-11(22-23-19(27)13-9-15(24)18(26)16(25)10-13)12-4-6-14(7-5-12)21-20(28)17-3-2-8-29-17/h2-10,24-26H,1H3,(H,21,28)(H,23,27)/b22-11-. The molecule has 0 aliphatic carbocycles.